The van der Waals surface area contributed by atoms with E-state index in [4.69, 9.17) is 11.6 Å². The van der Waals surface area contributed by atoms with Crippen molar-refractivity contribution in [2.75, 3.05) is 0 Å². The van der Waals surface area contributed by atoms with Crippen molar-refractivity contribution >= 4 is 61.0 Å². The number of hydrogen-bond donors (Lipinski definition) is 1. The second-order valence-corrected chi connectivity index (χ2v) is 8.63. The first-order valence-electron chi connectivity index (χ1n) is 8.63. The fourth-order valence-electron chi connectivity index (χ4n) is 2.95. The molecule has 6 heteroatoms. The lowest BCUT2D eigenvalue weighted by molar-refractivity contribution is 0.470. The first-order chi connectivity index (χ1) is 13.5. The minimum atomic E-state index is 0.147. The van der Waals surface area contributed by atoms with Gasteiger partial charge < -0.3 is 5.11 Å². The highest BCUT2D eigenvalue weighted by Crippen LogP contribution is 2.38. The fourth-order valence-corrected chi connectivity index (χ4v) is 4.65. The lowest BCUT2D eigenvalue weighted by Gasteiger charge is -2.11. The summed E-state index contributed by atoms with van der Waals surface area (Å²) in [4.78, 5) is 9.19. The van der Waals surface area contributed by atoms with Crippen LogP contribution in [0.4, 0.5) is 5.69 Å². The second kappa shape index (κ2) is 7.66. The van der Waals surface area contributed by atoms with Crippen LogP contribution in [0.2, 0.25) is 5.02 Å². The molecule has 0 saturated heterocycles. The highest BCUT2D eigenvalue weighted by molar-refractivity contribution is 9.10. The van der Waals surface area contributed by atoms with Gasteiger partial charge in [0.25, 0.3) is 0 Å². The van der Waals surface area contributed by atoms with E-state index in [-0.39, 0.29) is 5.75 Å². The summed E-state index contributed by atoms with van der Waals surface area (Å²) in [7, 11) is 0. The number of phenols is 1. The highest BCUT2D eigenvalue weighted by atomic mass is 79.9. The maximum atomic E-state index is 10.4. The van der Waals surface area contributed by atoms with Gasteiger partial charge in [-0.3, -0.25) is 4.99 Å². The Bertz CT molecular complexity index is 1150. The van der Waals surface area contributed by atoms with Gasteiger partial charge in [-0.25, -0.2) is 4.98 Å². The molecule has 1 N–H and O–H groups in total. The largest absolute Gasteiger partial charge is 0.506 e. The van der Waals surface area contributed by atoms with E-state index in [0.717, 1.165) is 32.9 Å². The van der Waals surface area contributed by atoms with Crippen molar-refractivity contribution in [2.45, 2.75) is 13.8 Å². The Morgan fingerprint density at radius 2 is 1.79 bits per heavy atom. The number of aromatic nitrogens is 1. The van der Waals surface area contributed by atoms with Crippen LogP contribution in [0.15, 0.2) is 58.0 Å². The summed E-state index contributed by atoms with van der Waals surface area (Å²) in [6, 6.07) is 16.0. The van der Waals surface area contributed by atoms with Crippen LogP contribution in [0.1, 0.15) is 16.7 Å². The van der Waals surface area contributed by atoms with Gasteiger partial charge in [-0.15, -0.1) is 11.3 Å². The number of phenolic OH excluding ortho intramolecular Hbond substituents is 1. The number of benzene rings is 3. The third kappa shape index (κ3) is 3.46. The maximum absolute atomic E-state index is 10.4. The number of rotatable bonds is 3. The van der Waals surface area contributed by atoms with E-state index in [1.54, 1.807) is 17.6 Å². The summed E-state index contributed by atoms with van der Waals surface area (Å²) >= 11 is 11.4. The molecule has 0 fully saturated rings. The standard InChI is InChI=1S/C22H16BrClN2OS/c1-12-16(21(27)19(23)13(2)20(12)24)11-25-15-9-7-14(8-10-15)22-26-17-5-3-4-6-18(17)28-22/h3-11,27H,1-2H3. The summed E-state index contributed by atoms with van der Waals surface area (Å²) < 4.78 is 1.77. The monoisotopic (exact) mass is 470 g/mol. The first-order valence-corrected chi connectivity index (χ1v) is 10.6. The maximum Gasteiger partial charge on any atom is 0.139 e. The van der Waals surface area contributed by atoms with Crippen molar-refractivity contribution in [3.8, 4) is 16.3 Å². The normalized spacial score (nSPS) is 11.6. The predicted molar refractivity (Wildman–Crippen MR) is 123 cm³/mol. The van der Waals surface area contributed by atoms with E-state index in [1.165, 1.54) is 4.70 Å². The van der Waals surface area contributed by atoms with Crippen molar-refractivity contribution in [1.29, 1.82) is 0 Å². The molecule has 1 aromatic heterocycles. The van der Waals surface area contributed by atoms with Crippen molar-refractivity contribution in [1.82, 2.24) is 4.98 Å². The highest BCUT2D eigenvalue weighted by Gasteiger charge is 2.15. The molecule has 0 aliphatic carbocycles. The van der Waals surface area contributed by atoms with Crippen LogP contribution in [-0.2, 0) is 0 Å². The zero-order valence-corrected chi connectivity index (χ0v) is 18.4. The zero-order valence-electron chi connectivity index (χ0n) is 15.2. The average Bonchev–Trinajstić information content (AvgIpc) is 3.15. The number of para-hydroxylation sites is 1. The van der Waals surface area contributed by atoms with Crippen LogP contribution >= 0.6 is 38.9 Å². The van der Waals surface area contributed by atoms with Gasteiger partial charge in [0.1, 0.15) is 10.8 Å². The number of aliphatic imine (C=N–C) groups is 1. The molecule has 0 radical (unpaired) electrons. The number of nitrogens with zero attached hydrogens (tertiary/aromatic N) is 2. The van der Waals surface area contributed by atoms with Gasteiger partial charge in [0.2, 0.25) is 0 Å². The van der Waals surface area contributed by atoms with E-state index >= 15 is 0 Å². The Hall–Kier alpha value is -2.21. The van der Waals surface area contributed by atoms with Crippen LogP contribution in [0.3, 0.4) is 0 Å². The summed E-state index contributed by atoms with van der Waals surface area (Å²) in [6.45, 7) is 3.74. The Morgan fingerprint density at radius 3 is 2.50 bits per heavy atom. The molecule has 4 aromatic rings. The zero-order chi connectivity index (χ0) is 19.8. The van der Waals surface area contributed by atoms with Gasteiger partial charge in [-0.1, -0.05) is 23.7 Å². The summed E-state index contributed by atoms with van der Waals surface area (Å²) in [6.07, 6.45) is 1.65. The van der Waals surface area contributed by atoms with E-state index in [0.29, 0.717) is 15.1 Å². The molecule has 0 saturated carbocycles. The number of fused-ring (bicyclic) bond motifs is 1. The molecule has 140 valence electrons. The lowest BCUT2D eigenvalue weighted by Crippen LogP contribution is -1.94. The van der Waals surface area contributed by atoms with Crippen LogP contribution in [0.5, 0.6) is 5.75 Å². The molecule has 28 heavy (non-hydrogen) atoms. The van der Waals surface area contributed by atoms with Gasteiger partial charge in [-0.05, 0) is 77.3 Å². The molecule has 0 bridgehead atoms. The molecule has 0 aliphatic heterocycles. The predicted octanol–water partition coefficient (Wildman–Crippen LogP) is 7.45. The Morgan fingerprint density at radius 1 is 1.07 bits per heavy atom. The molecule has 3 nitrogen and oxygen atoms in total. The van der Waals surface area contributed by atoms with E-state index in [2.05, 4.69) is 32.0 Å². The van der Waals surface area contributed by atoms with Gasteiger partial charge in [0, 0.05) is 22.4 Å². The smallest absolute Gasteiger partial charge is 0.139 e. The number of thiazole rings is 1. The second-order valence-electron chi connectivity index (χ2n) is 6.43. The van der Waals surface area contributed by atoms with Crippen LogP contribution in [0.25, 0.3) is 20.8 Å². The third-order valence-corrected chi connectivity index (χ3v) is 7.23. The molecule has 0 aliphatic rings. The third-order valence-electron chi connectivity index (χ3n) is 4.61. The van der Waals surface area contributed by atoms with Crippen LogP contribution in [0, 0.1) is 13.8 Å². The molecule has 0 spiro atoms. The van der Waals surface area contributed by atoms with Crippen molar-refractivity contribution in [3.05, 3.63) is 74.7 Å². The fraction of sp³-hybridized carbons (Fsp3) is 0.0909. The van der Waals surface area contributed by atoms with Gasteiger partial charge in [0.05, 0.1) is 20.4 Å². The minimum absolute atomic E-state index is 0.147. The van der Waals surface area contributed by atoms with E-state index < -0.39 is 0 Å². The molecule has 4 rings (SSSR count). The topological polar surface area (TPSA) is 45.5 Å². The van der Waals surface area contributed by atoms with Crippen molar-refractivity contribution in [3.63, 3.8) is 0 Å². The van der Waals surface area contributed by atoms with Crippen LogP contribution < -0.4 is 0 Å². The number of aromatic hydroxyl groups is 1. The van der Waals surface area contributed by atoms with E-state index in [1.807, 2.05) is 56.3 Å². The first kappa shape index (κ1) is 19.1. The minimum Gasteiger partial charge on any atom is -0.506 e. The molecular weight excluding hydrogens is 456 g/mol. The van der Waals surface area contributed by atoms with Gasteiger partial charge in [0.15, 0.2) is 0 Å². The summed E-state index contributed by atoms with van der Waals surface area (Å²) in [5.74, 6) is 0.147. The lowest BCUT2D eigenvalue weighted by atomic mass is 10.0. The quantitative estimate of drug-likeness (QED) is 0.315. The molecule has 0 atom stereocenters. The molecule has 0 unspecified atom stereocenters. The Balaban J connectivity index is 1.63. The molecule has 3 aromatic carbocycles. The molecule has 0 amide bonds. The van der Waals surface area contributed by atoms with Crippen molar-refractivity contribution in [2.24, 2.45) is 4.99 Å². The average molecular weight is 472 g/mol. The van der Waals surface area contributed by atoms with Crippen molar-refractivity contribution < 1.29 is 5.11 Å². The molecular formula is C22H16BrClN2OS. The van der Waals surface area contributed by atoms with Gasteiger partial charge >= 0.3 is 0 Å². The number of halogens is 2. The SMILES string of the molecule is Cc1c(Cl)c(C)c(C=Nc2ccc(-c3nc4ccccc4s3)cc2)c(O)c1Br. The van der Waals surface area contributed by atoms with E-state index in [9.17, 15) is 5.11 Å². The van der Waals surface area contributed by atoms with Gasteiger partial charge in [-0.2, -0.15) is 0 Å². The molecule has 1 heterocycles. The Labute approximate surface area is 180 Å². The van der Waals surface area contributed by atoms with Crippen LogP contribution in [-0.4, -0.2) is 16.3 Å². The summed E-state index contributed by atoms with van der Waals surface area (Å²) in [5, 5.41) is 12.0. The Kier molecular flexibility index (Phi) is 5.23. The number of hydrogen-bond acceptors (Lipinski definition) is 4. The summed E-state index contributed by atoms with van der Waals surface area (Å²) in [5.41, 5.74) is 5.08.